The molecule has 146 valence electrons. The molecule has 0 fully saturated rings. The first-order valence-corrected chi connectivity index (χ1v) is 9.83. The van der Waals surface area contributed by atoms with Crippen LogP contribution in [-0.2, 0) is 9.53 Å². The predicted octanol–water partition coefficient (Wildman–Crippen LogP) is 6.24. The van der Waals surface area contributed by atoms with Gasteiger partial charge in [0.05, 0.1) is 23.3 Å². The lowest BCUT2D eigenvalue weighted by atomic mass is 10.2. The van der Waals surface area contributed by atoms with Crippen molar-refractivity contribution >= 4 is 52.7 Å². The van der Waals surface area contributed by atoms with E-state index in [1.54, 1.807) is 12.1 Å². The highest BCUT2D eigenvalue weighted by atomic mass is 35.5. The number of hydrogen-bond acceptors (Lipinski definition) is 4. The van der Waals surface area contributed by atoms with Gasteiger partial charge in [0, 0.05) is 25.2 Å². The highest BCUT2D eigenvalue weighted by Gasteiger charge is 2.10. The molecule has 0 spiro atoms. The molecular formula is C18H22Cl4O4. The van der Waals surface area contributed by atoms with Crippen molar-refractivity contribution in [2.45, 2.75) is 32.1 Å². The van der Waals surface area contributed by atoms with Crippen LogP contribution in [0.15, 0.2) is 22.7 Å². The van der Waals surface area contributed by atoms with Crippen LogP contribution in [0, 0.1) is 0 Å². The average molecular weight is 444 g/mol. The maximum Gasteiger partial charge on any atom is 0.156 e. The van der Waals surface area contributed by atoms with Crippen LogP contribution < -0.4 is 9.47 Å². The molecule has 1 rings (SSSR count). The number of halogens is 4. The summed E-state index contributed by atoms with van der Waals surface area (Å²) in [6.45, 7) is 1.92. The number of unbranched alkanes of at least 4 members (excludes halogenated alkanes) is 3. The zero-order chi connectivity index (χ0) is 19.2. The molecule has 1 aromatic rings. The van der Waals surface area contributed by atoms with Crippen LogP contribution in [0.4, 0.5) is 0 Å². The lowest BCUT2D eigenvalue weighted by Gasteiger charge is -2.12. The first-order chi connectivity index (χ1) is 12.5. The predicted molar refractivity (Wildman–Crippen MR) is 107 cm³/mol. The minimum Gasteiger partial charge on any atom is -0.490 e. The molecular weight excluding hydrogens is 422 g/mol. The van der Waals surface area contributed by atoms with Gasteiger partial charge in [-0.2, -0.15) is 0 Å². The van der Waals surface area contributed by atoms with Gasteiger partial charge in [-0.25, -0.2) is 0 Å². The summed E-state index contributed by atoms with van der Waals surface area (Å²) in [6, 6.07) is 3.27. The summed E-state index contributed by atoms with van der Waals surface area (Å²) in [4.78, 5) is 10.1. The Hall–Kier alpha value is -0.650. The van der Waals surface area contributed by atoms with Crippen molar-refractivity contribution in [2.24, 2.45) is 0 Å². The van der Waals surface area contributed by atoms with Crippen molar-refractivity contribution in [3.05, 3.63) is 32.7 Å². The van der Waals surface area contributed by atoms with E-state index in [2.05, 4.69) is 0 Å². The zero-order valence-electron chi connectivity index (χ0n) is 14.3. The van der Waals surface area contributed by atoms with E-state index in [1.165, 1.54) is 6.08 Å². The van der Waals surface area contributed by atoms with Crippen molar-refractivity contribution in [3.8, 4) is 11.5 Å². The second kappa shape index (κ2) is 14.4. The van der Waals surface area contributed by atoms with Crippen LogP contribution in [-0.4, -0.2) is 32.7 Å². The first kappa shape index (κ1) is 23.4. The summed E-state index contributed by atoms with van der Waals surface area (Å²) >= 11 is 23.4. The molecule has 1 aromatic carbocycles. The Morgan fingerprint density at radius 3 is 2.19 bits per heavy atom. The minimum absolute atomic E-state index is 0.134. The summed E-state index contributed by atoms with van der Waals surface area (Å²) in [6.07, 6.45) is 6.73. The lowest BCUT2D eigenvalue weighted by Crippen LogP contribution is -2.01. The normalized spacial score (nSPS) is 10.5. The highest BCUT2D eigenvalue weighted by Crippen LogP contribution is 2.37. The molecule has 0 atom stereocenters. The summed E-state index contributed by atoms with van der Waals surface area (Å²) in [5.74, 6) is 0.955. The first-order valence-electron chi connectivity index (χ1n) is 8.31. The second-order valence-electron chi connectivity index (χ2n) is 5.35. The fourth-order valence-electron chi connectivity index (χ4n) is 2.03. The Kier molecular flexibility index (Phi) is 13.0. The summed E-state index contributed by atoms with van der Waals surface area (Å²) in [5.41, 5.74) is 0. The van der Waals surface area contributed by atoms with Gasteiger partial charge in [0.15, 0.2) is 5.75 Å². The van der Waals surface area contributed by atoms with Crippen molar-refractivity contribution < 1.29 is 19.0 Å². The number of carbonyl (C=O) groups excluding carboxylic acids is 1. The molecule has 0 amide bonds. The summed E-state index contributed by atoms with van der Waals surface area (Å²) in [7, 11) is 0. The molecule has 0 radical (unpaired) electrons. The minimum atomic E-state index is 0.134. The van der Waals surface area contributed by atoms with E-state index >= 15 is 0 Å². The van der Waals surface area contributed by atoms with Crippen LogP contribution in [0.2, 0.25) is 10.0 Å². The van der Waals surface area contributed by atoms with E-state index in [1.807, 2.05) is 0 Å². The molecule has 0 aliphatic carbocycles. The third-order valence-electron chi connectivity index (χ3n) is 3.27. The summed E-state index contributed by atoms with van der Waals surface area (Å²) in [5, 5.41) is 0.772. The standard InChI is InChI=1S/C18H22Cl4O4/c19-15-12-14(25-11-6-17(21)22)13-16(20)18(15)26-10-4-2-1-3-8-24-9-5-7-23/h6-7,12-13H,1-5,8-11H2. The molecule has 0 heterocycles. The zero-order valence-corrected chi connectivity index (χ0v) is 17.3. The topological polar surface area (TPSA) is 44.8 Å². The number of ether oxygens (including phenoxy) is 3. The van der Waals surface area contributed by atoms with Gasteiger partial charge >= 0.3 is 0 Å². The van der Waals surface area contributed by atoms with Gasteiger partial charge in [0.25, 0.3) is 0 Å². The van der Waals surface area contributed by atoms with Crippen molar-refractivity contribution in [1.29, 1.82) is 0 Å². The van der Waals surface area contributed by atoms with Crippen LogP contribution in [0.1, 0.15) is 32.1 Å². The van der Waals surface area contributed by atoms with Crippen molar-refractivity contribution in [3.63, 3.8) is 0 Å². The van der Waals surface area contributed by atoms with E-state index in [0.717, 1.165) is 32.0 Å². The Bertz CT molecular complexity index is 551. The maximum atomic E-state index is 10.1. The van der Waals surface area contributed by atoms with Crippen LogP contribution in [0.3, 0.4) is 0 Å². The second-order valence-corrected chi connectivity index (χ2v) is 7.17. The van der Waals surface area contributed by atoms with E-state index in [4.69, 9.17) is 60.6 Å². The highest BCUT2D eigenvalue weighted by molar-refractivity contribution is 6.55. The van der Waals surface area contributed by atoms with E-state index < -0.39 is 0 Å². The molecule has 0 saturated heterocycles. The van der Waals surface area contributed by atoms with Gasteiger partial charge in [0.1, 0.15) is 23.1 Å². The Balaban J connectivity index is 2.26. The Morgan fingerprint density at radius 1 is 0.923 bits per heavy atom. The third-order valence-corrected chi connectivity index (χ3v) is 4.14. The average Bonchev–Trinajstić information content (AvgIpc) is 2.58. The SMILES string of the molecule is O=CCCOCCCCCCOc1c(Cl)cc(OCC=C(Cl)Cl)cc1Cl. The number of benzene rings is 1. The number of hydrogen-bond donors (Lipinski definition) is 0. The molecule has 0 bridgehead atoms. The molecule has 0 saturated carbocycles. The quantitative estimate of drug-likeness (QED) is 0.252. The summed E-state index contributed by atoms with van der Waals surface area (Å²) < 4.78 is 16.6. The van der Waals surface area contributed by atoms with Gasteiger partial charge in [-0.05, 0) is 25.3 Å². The van der Waals surface area contributed by atoms with Crippen LogP contribution in [0.5, 0.6) is 11.5 Å². The Morgan fingerprint density at radius 2 is 1.58 bits per heavy atom. The van der Waals surface area contributed by atoms with Gasteiger partial charge in [-0.1, -0.05) is 52.8 Å². The molecule has 26 heavy (non-hydrogen) atoms. The monoisotopic (exact) mass is 442 g/mol. The van der Waals surface area contributed by atoms with Gasteiger partial charge in [0.2, 0.25) is 0 Å². The molecule has 0 aliphatic heterocycles. The number of rotatable bonds is 14. The van der Waals surface area contributed by atoms with Crippen LogP contribution in [0.25, 0.3) is 0 Å². The van der Waals surface area contributed by atoms with Gasteiger partial charge in [-0.15, -0.1) is 0 Å². The smallest absolute Gasteiger partial charge is 0.156 e. The molecule has 8 heteroatoms. The molecule has 0 aromatic heterocycles. The number of aldehydes is 1. The Labute approximate surface area is 174 Å². The van der Waals surface area contributed by atoms with Gasteiger partial charge in [-0.3, -0.25) is 0 Å². The van der Waals surface area contributed by atoms with Crippen LogP contribution >= 0.6 is 46.4 Å². The third kappa shape index (κ3) is 10.5. The largest absolute Gasteiger partial charge is 0.490 e. The van der Waals surface area contributed by atoms with E-state index in [0.29, 0.717) is 47.8 Å². The van der Waals surface area contributed by atoms with Gasteiger partial charge < -0.3 is 19.0 Å². The lowest BCUT2D eigenvalue weighted by molar-refractivity contribution is -0.108. The van der Waals surface area contributed by atoms with Crippen molar-refractivity contribution in [2.75, 3.05) is 26.4 Å². The molecule has 0 aliphatic rings. The van der Waals surface area contributed by atoms with E-state index in [9.17, 15) is 4.79 Å². The molecule has 0 unspecified atom stereocenters. The molecule has 4 nitrogen and oxygen atoms in total. The maximum absolute atomic E-state index is 10.1. The fraction of sp³-hybridized carbons (Fsp3) is 0.500. The number of carbonyl (C=O) groups is 1. The van der Waals surface area contributed by atoms with Crippen molar-refractivity contribution in [1.82, 2.24) is 0 Å². The van der Waals surface area contributed by atoms with E-state index in [-0.39, 0.29) is 11.1 Å². The molecule has 0 N–H and O–H groups in total. The fourth-order valence-corrected chi connectivity index (χ4v) is 2.73.